The summed E-state index contributed by atoms with van der Waals surface area (Å²) < 4.78 is 12.3. The Morgan fingerprint density at radius 3 is 2.50 bits per heavy atom. The number of hydrogen-bond donors (Lipinski definition) is 1. The van der Waals surface area contributed by atoms with Crippen LogP contribution in [0.5, 0.6) is 0 Å². The van der Waals surface area contributed by atoms with Crippen LogP contribution in [0.1, 0.15) is 60.3 Å². The molecule has 5 heteroatoms. The summed E-state index contributed by atoms with van der Waals surface area (Å²) in [5, 5.41) is 2.84. The maximum atomic E-state index is 11.8. The molecule has 1 aliphatic rings. The van der Waals surface area contributed by atoms with Gasteiger partial charge in [-0.3, -0.25) is 0 Å². The molecular weight excluding hydrogens is 393 g/mol. The number of carbonyl (C=O) groups excluding carboxylic acids is 1. The first-order valence-electron chi connectivity index (χ1n) is 8.30. The Kier molecular flexibility index (Phi) is 7.92. The molecule has 22 heavy (non-hydrogen) atoms. The van der Waals surface area contributed by atoms with E-state index in [2.05, 4.69) is 41.8 Å². The summed E-state index contributed by atoms with van der Waals surface area (Å²) in [5.74, 6) is 1.47. The highest BCUT2D eigenvalue weighted by atomic mass is 127. The van der Waals surface area contributed by atoms with Crippen LogP contribution < -0.4 is 5.32 Å². The van der Waals surface area contributed by atoms with E-state index in [0.29, 0.717) is 12.5 Å². The average Bonchev–Trinajstić information content (AvgIpc) is 2.41. The number of hydrogen-bond acceptors (Lipinski definition) is 3. The maximum Gasteiger partial charge on any atom is 0.407 e. The van der Waals surface area contributed by atoms with Crippen LogP contribution in [0, 0.1) is 11.8 Å². The molecule has 0 radical (unpaired) electrons. The summed E-state index contributed by atoms with van der Waals surface area (Å²) in [5.41, 5.74) is -0.804. The fourth-order valence-electron chi connectivity index (χ4n) is 2.74. The number of amides is 1. The van der Waals surface area contributed by atoms with Crippen LogP contribution in [0.2, 0.25) is 0 Å². The Labute approximate surface area is 149 Å². The standard InChI is InChI=1S/C17H32INO3/c1-13-7-6-8-14(9-13)10-21-17(5,11-18)12-19-15(20)22-16(2,3)4/h13-14H,6-12H2,1-5H3,(H,19,20). The van der Waals surface area contributed by atoms with E-state index in [1.807, 2.05) is 20.8 Å². The van der Waals surface area contributed by atoms with Crippen molar-refractivity contribution < 1.29 is 14.3 Å². The highest BCUT2D eigenvalue weighted by Crippen LogP contribution is 2.29. The van der Waals surface area contributed by atoms with Crippen LogP contribution >= 0.6 is 22.6 Å². The van der Waals surface area contributed by atoms with Gasteiger partial charge in [0.1, 0.15) is 5.60 Å². The van der Waals surface area contributed by atoms with Crippen molar-refractivity contribution in [2.24, 2.45) is 11.8 Å². The summed E-state index contributed by atoms with van der Waals surface area (Å²) in [6, 6.07) is 0. The lowest BCUT2D eigenvalue weighted by atomic mass is 9.83. The molecule has 0 saturated heterocycles. The molecule has 1 saturated carbocycles. The Balaban J connectivity index is 2.38. The van der Waals surface area contributed by atoms with Gasteiger partial charge in [-0.15, -0.1) is 0 Å². The molecule has 1 fully saturated rings. The van der Waals surface area contributed by atoms with Gasteiger partial charge in [0.05, 0.1) is 18.8 Å². The summed E-state index contributed by atoms with van der Waals surface area (Å²) in [6.07, 6.45) is 4.81. The minimum Gasteiger partial charge on any atom is -0.444 e. The zero-order valence-corrected chi connectivity index (χ0v) is 16.9. The first-order chi connectivity index (χ1) is 10.1. The Morgan fingerprint density at radius 1 is 1.27 bits per heavy atom. The van der Waals surface area contributed by atoms with E-state index in [1.165, 1.54) is 25.7 Å². The smallest absolute Gasteiger partial charge is 0.407 e. The van der Waals surface area contributed by atoms with E-state index in [1.54, 1.807) is 0 Å². The average molecular weight is 425 g/mol. The van der Waals surface area contributed by atoms with Gasteiger partial charge in [0.2, 0.25) is 0 Å². The molecule has 0 bridgehead atoms. The summed E-state index contributed by atoms with van der Waals surface area (Å²) in [4.78, 5) is 11.8. The predicted octanol–water partition coefficient (Wildman–Crippen LogP) is 4.55. The number of rotatable bonds is 6. The SMILES string of the molecule is CC1CCCC(COC(C)(CI)CNC(=O)OC(C)(C)C)C1. The monoisotopic (exact) mass is 425 g/mol. The van der Waals surface area contributed by atoms with Crippen LogP contribution in [0.15, 0.2) is 0 Å². The molecule has 130 valence electrons. The Hall–Kier alpha value is -0.0400. The molecule has 3 unspecified atom stereocenters. The molecule has 0 spiro atoms. The lowest BCUT2D eigenvalue weighted by molar-refractivity contribution is -0.0383. The molecule has 0 aromatic rings. The number of alkyl carbamates (subject to hydrolysis) is 1. The number of carbonyl (C=O) groups is 1. The third-order valence-electron chi connectivity index (χ3n) is 4.00. The van der Waals surface area contributed by atoms with E-state index in [-0.39, 0.29) is 11.7 Å². The number of halogens is 1. The molecule has 1 amide bonds. The second-order valence-electron chi connectivity index (χ2n) is 7.89. The van der Waals surface area contributed by atoms with Crippen molar-refractivity contribution in [2.45, 2.75) is 71.5 Å². The number of ether oxygens (including phenoxy) is 2. The van der Waals surface area contributed by atoms with Crippen molar-refractivity contribution in [3.63, 3.8) is 0 Å². The van der Waals surface area contributed by atoms with Gasteiger partial charge in [0.25, 0.3) is 0 Å². The molecule has 1 N–H and O–H groups in total. The lowest BCUT2D eigenvalue weighted by Crippen LogP contribution is -2.46. The van der Waals surface area contributed by atoms with E-state index in [9.17, 15) is 4.79 Å². The molecule has 4 nitrogen and oxygen atoms in total. The van der Waals surface area contributed by atoms with Crippen LogP contribution in [-0.2, 0) is 9.47 Å². The van der Waals surface area contributed by atoms with E-state index < -0.39 is 5.60 Å². The zero-order valence-electron chi connectivity index (χ0n) is 14.7. The third-order valence-corrected chi connectivity index (χ3v) is 5.61. The highest BCUT2D eigenvalue weighted by molar-refractivity contribution is 14.1. The maximum absolute atomic E-state index is 11.8. The molecule has 0 heterocycles. The fourth-order valence-corrected chi connectivity index (χ4v) is 3.23. The van der Waals surface area contributed by atoms with E-state index in [0.717, 1.165) is 17.0 Å². The van der Waals surface area contributed by atoms with Crippen molar-refractivity contribution in [3.05, 3.63) is 0 Å². The first kappa shape index (κ1) is 20.0. The van der Waals surface area contributed by atoms with Gasteiger partial charge < -0.3 is 14.8 Å². The molecule has 3 atom stereocenters. The summed E-state index contributed by atoms with van der Waals surface area (Å²) >= 11 is 2.32. The van der Waals surface area contributed by atoms with Gasteiger partial charge in [0.15, 0.2) is 0 Å². The largest absolute Gasteiger partial charge is 0.444 e. The molecule has 0 aromatic heterocycles. The Morgan fingerprint density at radius 2 is 1.95 bits per heavy atom. The predicted molar refractivity (Wildman–Crippen MR) is 98.6 cm³/mol. The molecule has 1 aliphatic carbocycles. The van der Waals surface area contributed by atoms with Gasteiger partial charge >= 0.3 is 6.09 Å². The fraction of sp³-hybridized carbons (Fsp3) is 0.941. The van der Waals surface area contributed by atoms with E-state index >= 15 is 0 Å². The summed E-state index contributed by atoms with van der Waals surface area (Å²) in [7, 11) is 0. The van der Waals surface area contributed by atoms with Gasteiger partial charge in [-0.05, 0) is 52.4 Å². The molecule has 1 rings (SSSR count). The molecule has 0 aromatic carbocycles. The van der Waals surface area contributed by atoms with Gasteiger partial charge in [0, 0.05) is 4.43 Å². The van der Waals surface area contributed by atoms with Crippen LogP contribution in [0.4, 0.5) is 4.79 Å². The van der Waals surface area contributed by atoms with Crippen LogP contribution in [0.25, 0.3) is 0 Å². The number of nitrogens with one attached hydrogen (secondary N) is 1. The third kappa shape index (κ3) is 7.99. The van der Waals surface area contributed by atoms with Crippen molar-refractivity contribution in [1.29, 1.82) is 0 Å². The van der Waals surface area contributed by atoms with Crippen molar-refractivity contribution in [2.75, 3.05) is 17.6 Å². The van der Waals surface area contributed by atoms with Gasteiger partial charge in [-0.2, -0.15) is 0 Å². The van der Waals surface area contributed by atoms with Crippen LogP contribution in [0.3, 0.4) is 0 Å². The number of alkyl halides is 1. The van der Waals surface area contributed by atoms with Crippen molar-refractivity contribution in [1.82, 2.24) is 5.32 Å². The lowest BCUT2D eigenvalue weighted by Gasteiger charge is -2.33. The molecule has 0 aliphatic heterocycles. The summed E-state index contributed by atoms with van der Waals surface area (Å²) in [6.45, 7) is 11.3. The normalized spacial score (nSPS) is 25.4. The topological polar surface area (TPSA) is 47.6 Å². The second kappa shape index (κ2) is 8.71. The molecular formula is C17H32INO3. The van der Waals surface area contributed by atoms with Gasteiger partial charge in [-0.1, -0.05) is 42.4 Å². The van der Waals surface area contributed by atoms with E-state index in [4.69, 9.17) is 9.47 Å². The highest BCUT2D eigenvalue weighted by Gasteiger charge is 2.28. The van der Waals surface area contributed by atoms with Crippen LogP contribution in [-0.4, -0.2) is 34.9 Å². The Bertz CT molecular complexity index is 356. The first-order valence-corrected chi connectivity index (χ1v) is 9.83. The van der Waals surface area contributed by atoms with Crippen molar-refractivity contribution >= 4 is 28.7 Å². The zero-order chi connectivity index (χ0) is 16.8. The quantitative estimate of drug-likeness (QED) is 0.502. The van der Waals surface area contributed by atoms with Crippen molar-refractivity contribution in [3.8, 4) is 0 Å². The van der Waals surface area contributed by atoms with Gasteiger partial charge in [-0.25, -0.2) is 4.79 Å². The minimum absolute atomic E-state index is 0.335. The minimum atomic E-state index is -0.468. The second-order valence-corrected chi connectivity index (χ2v) is 8.65.